The van der Waals surface area contributed by atoms with Crippen LogP contribution in [0.1, 0.15) is 0 Å². The summed E-state index contributed by atoms with van der Waals surface area (Å²) in [5.74, 6) is 0. The molecule has 0 radical (unpaired) electrons. The zero-order chi connectivity index (χ0) is 38.2. The van der Waals surface area contributed by atoms with Gasteiger partial charge in [-0.1, -0.05) is 164 Å². The minimum absolute atomic E-state index is 1.12. The number of thiophene rings is 1. The predicted molar refractivity (Wildman–Crippen MR) is 252 cm³/mol. The molecule has 1 nitrogen and oxygen atoms in total. The number of benzene rings is 11. The van der Waals surface area contributed by atoms with E-state index in [1.807, 2.05) is 11.3 Å². The summed E-state index contributed by atoms with van der Waals surface area (Å²) >= 11 is 1.89. The second kappa shape index (κ2) is 13.2. The maximum absolute atomic E-state index is 2.42. The molecule has 0 saturated carbocycles. The Morgan fingerprint density at radius 3 is 1.71 bits per heavy atom. The second-order valence-corrected chi connectivity index (χ2v) is 16.3. The quantitative estimate of drug-likeness (QED) is 0.158. The van der Waals surface area contributed by atoms with Crippen molar-refractivity contribution < 1.29 is 0 Å². The van der Waals surface area contributed by atoms with Crippen molar-refractivity contribution in [2.75, 3.05) is 4.90 Å². The van der Waals surface area contributed by atoms with E-state index in [9.17, 15) is 0 Å². The zero-order valence-corrected chi connectivity index (χ0v) is 32.4. The number of nitrogens with zero attached hydrogens (tertiary/aromatic N) is 1. The van der Waals surface area contributed by atoms with E-state index in [0.29, 0.717) is 0 Å². The van der Waals surface area contributed by atoms with Crippen LogP contribution in [0.4, 0.5) is 17.1 Å². The van der Waals surface area contributed by atoms with Crippen molar-refractivity contribution in [3.05, 3.63) is 212 Å². The molecule has 0 saturated heterocycles. The first kappa shape index (κ1) is 32.9. The van der Waals surface area contributed by atoms with Gasteiger partial charge in [0.25, 0.3) is 0 Å². The Labute approximate surface area is 340 Å². The lowest BCUT2D eigenvalue weighted by atomic mass is 9.90. The zero-order valence-electron chi connectivity index (χ0n) is 31.6. The van der Waals surface area contributed by atoms with Gasteiger partial charge in [-0.2, -0.15) is 0 Å². The molecular formula is C56H35NS. The lowest BCUT2D eigenvalue weighted by Gasteiger charge is -2.26. The Morgan fingerprint density at radius 1 is 0.276 bits per heavy atom. The molecule has 0 amide bonds. The van der Waals surface area contributed by atoms with Gasteiger partial charge in [0, 0.05) is 37.2 Å². The molecule has 1 heterocycles. The van der Waals surface area contributed by atoms with Crippen LogP contribution in [0.3, 0.4) is 0 Å². The summed E-state index contributed by atoms with van der Waals surface area (Å²) in [6.07, 6.45) is 0. The summed E-state index contributed by atoms with van der Waals surface area (Å²) in [5, 5.41) is 15.3. The lowest BCUT2D eigenvalue weighted by Crippen LogP contribution is -2.09. The molecule has 270 valence electrons. The maximum Gasteiger partial charge on any atom is 0.0476 e. The minimum atomic E-state index is 1.12. The molecule has 1 aromatic heterocycles. The molecule has 0 atom stereocenters. The van der Waals surface area contributed by atoms with Gasteiger partial charge in [0.15, 0.2) is 0 Å². The van der Waals surface area contributed by atoms with Crippen molar-refractivity contribution in [2.45, 2.75) is 0 Å². The highest BCUT2D eigenvalue weighted by Gasteiger charge is 2.18. The van der Waals surface area contributed by atoms with Crippen LogP contribution in [0, 0.1) is 0 Å². The average molecular weight is 754 g/mol. The van der Waals surface area contributed by atoms with Gasteiger partial charge < -0.3 is 4.90 Å². The summed E-state index contributed by atoms with van der Waals surface area (Å²) in [5.41, 5.74) is 8.30. The first-order chi connectivity index (χ1) is 28.7. The third-order valence-electron chi connectivity index (χ3n) is 12.0. The van der Waals surface area contributed by atoms with E-state index in [1.165, 1.54) is 96.3 Å². The predicted octanol–water partition coefficient (Wildman–Crippen LogP) is 16.6. The number of hydrogen-bond donors (Lipinski definition) is 0. The van der Waals surface area contributed by atoms with Gasteiger partial charge in [-0.15, -0.1) is 11.3 Å². The van der Waals surface area contributed by atoms with E-state index in [4.69, 9.17) is 0 Å². The number of rotatable bonds is 5. The monoisotopic (exact) mass is 753 g/mol. The normalized spacial score (nSPS) is 11.8. The molecule has 11 aromatic carbocycles. The highest BCUT2D eigenvalue weighted by atomic mass is 32.1. The van der Waals surface area contributed by atoms with Gasteiger partial charge in [0.2, 0.25) is 0 Å². The lowest BCUT2D eigenvalue weighted by molar-refractivity contribution is 1.30. The van der Waals surface area contributed by atoms with Crippen molar-refractivity contribution in [3.63, 3.8) is 0 Å². The molecule has 0 aliphatic rings. The fourth-order valence-corrected chi connectivity index (χ4v) is 10.4. The molecule has 0 N–H and O–H groups in total. The van der Waals surface area contributed by atoms with Crippen LogP contribution in [0.5, 0.6) is 0 Å². The van der Waals surface area contributed by atoms with Crippen LogP contribution in [0.25, 0.3) is 96.3 Å². The summed E-state index contributed by atoms with van der Waals surface area (Å²) in [4.78, 5) is 2.42. The van der Waals surface area contributed by atoms with Crippen LogP contribution < -0.4 is 4.90 Å². The minimum Gasteiger partial charge on any atom is -0.310 e. The maximum atomic E-state index is 2.42. The Kier molecular flexibility index (Phi) is 7.47. The number of hydrogen-bond acceptors (Lipinski definition) is 2. The van der Waals surface area contributed by atoms with Crippen LogP contribution in [-0.4, -0.2) is 0 Å². The fraction of sp³-hybridized carbons (Fsp3) is 0. The molecule has 0 unspecified atom stereocenters. The molecule has 0 fully saturated rings. The highest BCUT2D eigenvalue weighted by molar-refractivity contribution is 7.26. The average Bonchev–Trinajstić information content (AvgIpc) is 3.67. The first-order valence-electron chi connectivity index (χ1n) is 19.9. The van der Waals surface area contributed by atoms with Crippen LogP contribution in [0.2, 0.25) is 0 Å². The molecule has 0 spiro atoms. The number of fused-ring (bicyclic) bond motifs is 10. The van der Waals surface area contributed by atoms with E-state index >= 15 is 0 Å². The smallest absolute Gasteiger partial charge is 0.0476 e. The molecule has 58 heavy (non-hydrogen) atoms. The second-order valence-electron chi connectivity index (χ2n) is 15.3. The Hall–Kier alpha value is -7.26. The number of anilines is 3. The molecule has 2 heteroatoms. The van der Waals surface area contributed by atoms with Gasteiger partial charge in [-0.3, -0.25) is 0 Å². The molecule has 12 aromatic rings. The van der Waals surface area contributed by atoms with Crippen molar-refractivity contribution in [2.24, 2.45) is 0 Å². The topological polar surface area (TPSA) is 3.24 Å². The summed E-state index contributed by atoms with van der Waals surface area (Å²) < 4.78 is 2.63. The van der Waals surface area contributed by atoms with E-state index in [0.717, 1.165) is 17.1 Å². The molecule has 0 aliphatic heterocycles. The Morgan fingerprint density at radius 2 is 0.862 bits per heavy atom. The van der Waals surface area contributed by atoms with Crippen LogP contribution in [-0.2, 0) is 0 Å². The molecule has 12 rings (SSSR count). The highest BCUT2D eigenvalue weighted by Crippen LogP contribution is 2.45. The standard InChI is InChI=1S/C56H35NS/c1-2-12-39-32-40(21-20-36(39)10-1)37-22-25-43(26-23-37)57(45-28-31-52-53-29-24-38-11-3-6-16-48(38)56(53)58-55(52)35-45)44-27-30-47-41(33-44)14-9-19-50(47)54-34-42-13-4-5-15-46(42)49-17-7-8-18-51(49)54/h1-35H. The molecular weight excluding hydrogens is 719 g/mol. The van der Waals surface area contributed by atoms with E-state index in [-0.39, 0.29) is 0 Å². The van der Waals surface area contributed by atoms with Crippen molar-refractivity contribution in [1.82, 2.24) is 0 Å². The van der Waals surface area contributed by atoms with Crippen LogP contribution >= 0.6 is 11.3 Å². The molecule has 0 aliphatic carbocycles. The van der Waals surface area contributed by atoms with Crippen LogP contribution in [0.15, 0.2) is 212 Å². The van der Waals surface area contributed by atoms with Gasteiger partial charge in [0.05, 0.1) is 0 Å². The summed E-state index contributed by atoms with van der Waals surface area (Å²) in [7, 11) is 0. The van der Waals surface area contributed by atoms with Gasteiger partial charge >= 0.3 is 0 Å². The Bertz CT molecular complexity index is 3580. The third kappa shape index (κ3) is 5.30. The van der Waals surface area contributed by atoms with E-state index in [2.05, 4.69) is 217 Å². The van der Waals surface area contributed by atoms with Gasteiger partial charge in [-0.05, 0) is 125 Å². The van der Waals surface area contributed by atoms with Crippen molar-refractivity contribution >= 4 is 102 Å². The first-order valence-corrected chi connectivity index (χ1v) is 20.7. The summed E-state index contributed by atoms with van der Waals surface area (Å²) in [6, 6.07) is 78.3. The third-order valence-corrected chi connectivity index (χ3v) is 13.2. The largest absolute Gasteiger partial charge is 0.310 e. The van der Waals surface area contributed by atoms with Gasteiger partial charge in [0.1, 0.15) is 0 Å². The van der Waals surface area contributed by atoms with Crippen molar-refractivity contribution in [1.29, 1.82) is 0 Å². The van der Waals surface area contributed by atoms with Crippen molar-refractivity contribution in [3.8, 4) is 22.3 Å². The van der Waals surface area contributed by atoms with E-state index < -0.39 is 0 Å². The molecule has 0 bridgehead atoms. The fourth-order valence-electron chi connectivity index (χ4n) is 9.17. The Balaban J connectivity index is 1.02. The SMILES string of the molecule is c1ccc2cc(-c3ccc(N(c4ccc5c(-c6cc7ccccc7c7ccccc67)cccc5c4)c4ccc5c(c4)sc4c6ccccc6ccc54)cc3)ccc2c1. The van der Waals surface area contributed by atoms with E-state index in [1.54, 1.807) is 0 Å². The summed E-state index contributed by atoms with van der Waals surface area (Å²) in [6.45, 7) is 0. The van der Waals surface area contributed by atoms with Gasteiger partial charge in [-0.25, -0.2) is 0 Å².